The van der Waals surface area contributed by atoms with Crippen molar-refractivity contribution in [2.75, 3.05) is 18.4 Å². The van der Waals surface area contributed by atoms with E-state index in [-0.39, 0.29) is 29.8 Å². The van der Waals surface area contributed by atoms with Crippen LogP contribution >= 0.6 is 0 Å². The normalized spacial score (nSPS) is 16.5. The Hall–Kier alpha value is -1.44. The lowest BCUT2D eigenvalue weighted by atomic mass is 9.89. The van der Waals surface area contributed by atoms with Crippen molar-refractivity contribution in [3.63, 3.8) is 0 Å². The highest BCUT2D eigenvalue weighted by atomic mass is 32.2. The first-order valence-corrected chi connectivity index (χ1v) is 11.0. The first-order valence-electron chi connectivity index (χ1n) is 9.57. The summed E-state index contributed by atoms with van der Waals surface area (Å²) in [6, 6.07) is 6.36. The van der Waals surface area contributed by atoms with Gasteiger partial charge in [0.15, 0.2) is 0 Å². The molecule has 0 heterocycles. The third-order valence-electron chi connectivity index (χ3n) is 4.95. The molecule has 1 atom stereocenters. The average Bonchev–Trinajstić information content (AvgIpc) is 3.13. The molecule has 1 saturated carbocycles. The van der Waals surface area contributed by atoms with Crippen LogP contribution in [0.4, 0.5) is 5.69 Å². The second kappa shape index (κ2) is 10.0. The number of hydrogen-bond acceptors (Lipinski definition) is 4. The van der Waals surface area contributed by atoms with Gasteiger partial charge in [0.05, 0.1) is 4.90 Å². The van der Waals surface area contributed by atoms with Crippen molar-refractivity contribution in [3.8, 4) is 0 Å². The predicted octanol–water partition coefficient (Wildman–Crippen LogP) is 2.86. The second-order valence-corrected chi connectivity index (χ2v) is 8.84. The molecule has 1 unspecified atom stereocenters. The molecule has 1 amide bonds. The van der Waals surface area contributed by atoms with Crippen LogP contribution in [0.15, 0.2) is 29.2 Å². The van der Waals surface area contributed by atoms with Crippen molar-refractivity contribution in [2.45, 2.75) is 56.8 Å². The topological polar surface area (TPSA) is 101 Å². The minimum atomic E-state index is -3.61. The highest BCUT2D eigenvalue weighted by Gasteiger charge is 2.25. The summed E-state index contributed by atoms with van der Waals surface area (Å²) in [5, 5.41) is 2.91. The van der Waals surface area contributed by atoms with E-state index in [4.69, 9.17) is 5.73 Å². The summed E-state index contributed by atoms with van der Waals surface area (Å²) < 4.78 is 26.9. The zero-order valence-electron chi connectivity index (χ0n) is 15.5. The average molecular weight is 382 g/mol. The van der Waals surface area contributed by atoms with Gasteiger partial charge in [-0.15, -0.1) is 0 Å². The molecule has 1 aliphatic rings. The van der Waals surface area contributed by atoms with Gasteiger partial charge in [-0.25, -0.2) is 13.1 Å². The number of anilines is 1. The summed E-state index contributed by atoms with van der Waals surface area (Å²) in [5.41, 5.74) is 5.87. The fraction of sp³-hybridized carbons (Fsp3) is 0.632. The van der Waals surface area contributed by atoms with Gasteiger partial charge >= 0.3 is 0 Å². The van der Waals surface area contributed by atoms with Crippen LogP contribution in [0.25, 0.3) is 0 Å². The molecule has 7 heteroatoms. The van der Waals surface area contributed by atoms with Gasteiger partial charge in [-0.05, 0) is 37.0 Å². The quantitative estimate of drug-likeness (QED) is 0.580. The number of benzene rings is 1. The third-order valence-corrected chi connectivity index (χ3v) is 6.41. The SMILES string of the molecule is CCCC(CC1CCCC1)C(=O)Nc1cccc(S(=O)(=O)NCCN)c1. The Bertz CT molecular complexity index is 685. The Labute approximate surface area is 157 Å². The number of carbonyl (C=O) groups is 1. The number of amides is 1. The molecule has 4 N–H and O–H groups in total. The van der Waals surface area contributed by atoms with Crippen molar-refractivity contribution >= 4 is 21.6 Å². The molecular weight excluding hydrogens is 350 g/mol. The molecule has 6 nitrogen and oxygen atoms in total. The smallest absolute Gasteiger partial charge is 0.240 e. The zero-order chi connectivity index (χ0) is 19.0. The molecule has 0 aromatic heterocycles. The Balaban J connectivity index is 2.05. The zero-order valence-corrected chi connectivity index (χ0v) is 16.4. The number of nitrogens with one attached hydrogen (secondary N) is 2. The van der Waals surface area contributed by atoms with Crippen LogP contribution < -0.4 is 15.8 Å². The minimum Gasteiger partial charge on any atom is -0.329 e. The second-order valence-electron chi connectivity index (χ2n) is 7.08. The van der Waals surface area contributed by atoms with E-state index in [1.807, 2.05) is 0 Å². The summed E-state index contributed by atoms with van der Waals surface area (Å²) in [6.45, 7) is 2.50. The van der Waals surface area contributed by atoms with Crippen LogP contribution in [-0.2, 0) is 14.8 Å². The Morgan fingerprint density at radius 3 is 2.69 bits per heavy atom. The van der Waals surface area contributed by atoms with E-state index in [9.17, 15) is 13.2 Å². The van der Waals surface area contributed by atoms with Crippen LogP contribution in [0.3, 0.4) is 0 Å². The van der Waals surface area contributed by atoms with Gasteiger partial charge in [0.1, 0.15) is 0 Å². The van der Waals surface area contributed by atoms with E-state index in [1.54, 1.807) is 12.1 Å². The van der Waals surface area contributed by atoms with Gasteiger partial charge in [0.2, 0.25) is 15.9 Å². The number of nitrogens with two attached hydrogens (primary N) is 1. The largest absolute Gasteiger partial charge is 0.329 e. The Morgan fingerprint density at radius 1 is 1.31 bits per heavy atom. The molecule has 0 saturated heterocycles. The molecule has 1 aromatic carbocycles. The molecule has 1 aliphatic carbocycles. The maximum Gasteiger partial charge on any atom is 0.240 e. The molecule has 146 valence electrons. The number of rotatable bonds is 10. The van der Waals surface area contributed by atoms with E-state index in [0.29, 0.717) is 11.6 Å². The summed E-state index contributed by atoms with van der Waals surface area (Å²) in [5.74, 6) is 0.617. The predicted molar refractivity (Wildman–Crippen MR) is 104 cm³/mol. The van der Waals surface area contributed by atoms with Crippen molar-refractivity contribution in [1.29, 1.82) is 0 Å². The van der Waals surface area contributed by atoms with Gasteiger partial charge in [-0.3, -0.25) is 4.79 Å². The van der Waals surface area contributed by atoms with Gasteiger partial charge < -0.3 is 11.1 Å². The van der Waals surface area contributed by atoms with Crippen LogP contribution in [-0.4, -0.2) is 27.4 Å². The number of hydrogen-bond donors (Lipinski definition) is 3. The summed E-state index contributed by atoms with van der Waals surface area (Å²) in [7, 11) is -3.61. The number of carbonyl (C=O) groups excluding carboxylic acids is 1. The summed E-state index contributed by atoms with van der Waals surface area (Å²) in [4.78, 5) is 12.9. The van der Waals surface area contributed by atoms with E-state index < -0.39 is 10.0 Å². The van der Waals surface area contributed by atoms with E-state index in [1.165, 1.54) is 37.8 Å². The molecule has 0 aliphatic heterocycles. The van der Waals surface area contributed by atoms with Crippen molar-refractivity contribution in [3.05, 3.63) is 24.3 Å². The van der Waals surface area contributed by atoms with E-state index in [0.717, 1.165) is 19.3 Å². The fourth-order valence-corrected chi connectivity index (χ4v) is 4.71. The highest BCUT2D eigenvalue weighted by molar-refractivity contribution is 7.89. The van der Waals surface area contributed by atoms with Crippen LogP contribution in [0.2, 0.25) is 0 Å². The lowest BCUT2D eigenvalue weighted by Crippen LogP contribution is -2.29. The molecule has 2 rings (SSSR count). The van der Waals surface area contributed by atoms with Crippen LogP contribution in [0, 0.1) is 11.8 Å². The van der Waals surface area contributed by atoms with Gasteiger partial charge in [0, 0.05) is 24.7 Å². The maximum atomic E-state index is 12.7. The lowest BCUT2D eigenvalue weighted by molar-refractivity contribution is -0.120. The molecule has 1 aromatic rings. The highest BCUT2D eigenvalue weighted by Crippen LogP contribution is 2.32. The van der Waals surface area contributed by atoms with E-state index in [2.05, 4.69) is 17.0 Å². The Morgan fingerprint density at radius 2 is 2.04 bits per heavy atom. The first-order chi connectivity index (χ1) is 12.5. The van der Waals surface area contributed by atoms with Gasteiger partial charge in [-0.1, -0.05) is 45.1 Å². The molecule has 1 fully saturated rings. The summed E-state index contributed by atoms with van der Waals surface area (Å²) >= 11 is 0. The van der Waals surface area contributed by atoms with E-state index >= 15 is 0 Å². The number of sulfonamides is 1. The monoisotopic (exact) mass is 381 g/mol. The third kappa shape index (κ3) is 6.07. The van der Waals surface area contributed by atoms with Crippen molar-refractivity contribution in [2.24, 2.45) is 17.6 Å². The molecule has 0 bridgehead atoms. The lowest BCUT2D eigenvalue weighted by Gasteiger charge is -2.20. The van der Waals surface area contributed by atoms with Crippen molar-refractivity contribution < 1.29 is 13.2 Å². The first kappa shape index (κ1) is 20.9. The summed E-state index contributed by atoms with van der Waals surface area (Å²) in [6.07, 6.45) is 7.71. The maximum absolute atomic E-state index is 12.7. The minimum absolute atomic E-state index is 0.0109. The van der Waals surface area contributed by atoms with Gasteiger partial charge in [-0.2, -0.15) is 0 Å². The standard InChI is InChI=1S/C19H31N3O3S/c1-2-6-16(13-15-7-3-4-8-15)19(23)22-17-9-5-10-18(14-17)26(24,25)21-12-11-20/h5,9-10,14-16,21H,2-4,6-8,11-13,20H2,1H3,(H,22,23). The van der Waals surface area contributed by atoms with Crippen LogP contribution in [0.1, 0.15) is 51.9 Å². The molecule has 0 radical (unpaired) electrons. The molecule has 0 spiro atoms. The molecule has 26 heavy (non-hydrogen) atoms. The van der Waals surface area contributed by atoms with Crippen molar-refractivity contribution in [1.82, 2.24) is 4.72 Å². The van der Waals surface area contributed by atoms with Gasteiger partial charge in [0.25, 0.3) is 0 Å². The van der Waals surface area contributed by atoms with Crippen LogP contribution in [0.5, 0.6) is 0 Å². The Kier molecular flexibility index (Phi) is 8.06. The molecular formula is C19H31N3O3S. The fourth-order valence-electron chi connectivity index (χ4n) is 3.61.